The fourth-order valence-electron chi connectivity index (χ4n) is 2.77. The molecule has 1 aromatic carbocycles. The van der Waals surface area contributed by atoms with Gasteiger partial charge in [-0.05, 0) is 37.6 Å². The Kier molecular flexibility index (Phi) is 4.70. The van der Waals surface area contributed by atoms with Crippen molar-refractivity contribution >= 4 is 0 Å². The molecule has 3 unspecified atom stereocenters. The molecule has 3 atom stereocenters. The van der Waals surface area contributed by atoms with Crippen molar-refractivity contribution in [3.05, 3.63) is 35.4 Å². The van der Waals surface area contributed by atoms with E-state index in [-0.39, 0.29) is 18.1 Å². The van der Waals surface area contributed by atoms with Crippen molar-refractivity contribution in [3.63, 3.8) is 0 Å². The zero-order chi connectivity index (χ0) is 14.8. The maximum atomic E-state index is 12.8. The number of alkyl halides is 3. The molecule has 1 saturated heterocycles. The summed E-state index contributed by atoms with van der Waals surface area (Å²) >= 11 is 0. The molecule has 112 valence electrons. The highest BCUT2D eigenvalue weighted by Crippen LogP contribution is 2.35. The van der Waals surface area contributed by atoms with E-state index in [1.54, 1.807) is 6.07 Å². The molecule has 0 amide bonds. The molecule has 5 heteroatoms. The number of halogens is 3. The Balaban J connectivity index is 2.25. The van der Waals surface area contributed by atoms with E-state index < -0.39 is 11.7 Å². The molecule has 1 fully saturated rings. The molecule has 1 aromatic rings. The van der Waals surface area contributed by atoms with Crippen molar-refractivity contribution in [2.24, 2.45) is 5.92 Å². The Morgan fingerprint density at radius 3 is 2.70 bits per heavy atom. The standard InChI is InChI=1S/C15H20F3NO/c1-3-19-14(12-7-10(2)20-9-12)11-5-4-6-13(8-11)15(16,17)18/h4-6,8,10,12,14,19H,3,7,9H2,1-2H3. The lowest BCUT2D eigenvalue weighted by Crippen LogP contribution is -2.29. The van der Waals surface area contributed by atoms with Gasteiger partial charge >= 0.3 is 6.18 Å². The van der Waals surface area contributed by atoms with E-state index in [0.29, 0.717) is 18.7 Å². The fourth-order valence-corrected chi connectivity index (χ4v) is 2.77. The predicted molar refractivity (Wildman–Crippen MR) is 71.4 cm³/mol. The third-order valence-corrected chi connectivity index (χ3v) is 3.70. The average molecular weight is 287 g/mol. The minimum absolute atomic E-state index is 0.0905. The second-order valence-electron chi connectivity index (χ2n) is 5.30. The Labute approximate surface area is 117 Å². The smallest absolute Gasteiger partial charge is 0.378 e. The lowest BCUT2D eigenvalue weighted by atomic mass is 9.90. The third-order valence-electron chi connectivity index (χ3n) is 3.70. The first-order valence-electron chi connectivity index (χ1n) is 6.94. The van der Waals surface area contributed by atoms with Crippen molar-refractivity contribution in [1.29, 1.82) is 0 Å². The highest BCUT2D eigenvalue weighted by molar-refractivity contribution is 5.28. The van der Waals surface area contributed by atoms with Crippen LogP contribution in [0, 0.1) is 5.92 Å². The normalized spacial score (nSPS) is 24.9. The van der Waals surface area contributed by atoms with Crippen molar-refractivity contribution in [2.75, 3.05) is 13.2 Å². The lowest BCUT2D eigenvalue weighted by molar-refractivity contribution is -0.137. The van der Waals surface area contributed by atoms with Gasteiger partial charge in [0.2, 0.25) is 0 Å². The van der Waals surface area contributed by atoms with Crippen molar-refractivity contribution < 1.29 is 17.9 Å². The molecule has 0 radical (unpaired) electrons. The molecule has 1 aliphatic rings. The second-order valence-corrected chi connectivity index (χ2v) is 5.30. The largest absolute Gasteiger partial charge is 0.416 e. The predicted octanol–water partition coefficient (Wildman–Crippen LogP) is 3.78. The van der Waals surface area contributed by atoms with Gasteiger partial charge in [0.25, 0.3) is 0 Å². The summed E-state index contributed by atoms with van der Waals surface area (Å²) in [5, 5.41) is 3.29. The van der Waals surface area contributed by atoms with E-state index in [0.717, 1.165) is 12.5 Å². The van der Waals surface area contributed by atoms with Crippen LogP contribution < -0.4 is 5.32 Å². The van der Waals surface area contributed by atoms with Gasteiger partial charge in [0.05, 0.1) is 18.3 Å². The minimum Gasteiger partial charge on any atom is -0.378 e. The minimum atomic E-state index is -4.30. The van der Waals surface area contributed by atoms with Crippen LogP contribution in [0.1, 0.15) is 37.4 Å². The Morgan fingerprint density at radius 2 is 2.15 bits per heavy atom. The van der Waals surface area contributed by atoms with Crippen LogP contribution in [0.4, 0.5) is 13.2 Å². The fraction of sp³-hybridized carbons (Fsp3) is 0.600. The number of hydrogen-bond donors (Lipinski definition) is 1. The van der Waals surface area contributed by atoms with Crippen LogP contribution in [-0.2, 0) is 10.9 Å². The highest BCUT2D eigenvalue weighted by Gasteiger charge is 2.33. The molecule has 0 saturated carbocycles. The van der Waals surface area contributed by atoms with Crippen LogP contribution in [0.3, 0.4) is 0 Å². The van der Waals surface area contributed by atoms with Crippen molar-refractivity contribution in [3.8, 4) is 0 Å². The van der Waals surface area contributed by atoms with Crippen LogP contribution in [0.25, 0.3) is 0 Å². The zero-order valence-corrected chi connectivity index (χ0v) is 11.7. The van der Waals surface area contributed by atoms with E-state index in [9.17, 15) is 13.2 Å². The molecule has 20 heavy (non-hydrogen) atoms. The van der Waals surface area contributed by atoms with E-state index in [1.165, 1.54) is 12.1 Å². The van der Waals surface area contributed by atoms with Crippen LogP contribution in [0.2, 0.25) is 0 Å². The monoisotopic (exact) mass is 287 g/mol. The van der Waals surface area contributed by atoms with Gasteiger partial charge in [-0.3, -0.25) is 0 Å². The zero-order valence-electron chi connectivity index (χ0n) is 11.7. The van der Waals surface area contributed by atoms with Gasteiger partial charge in [-0.25, -0.2) is 0 Å². The van der Waals surface area contributed by atoms with Gasteiger partial charge < -0.3 is 10.1 Å². The molecule has 2 nitrogen and oxygen atoms in total. The van der Waals surface area contributed by atoms with E-state index in [2.05, 4.69) is 5.32 Å². The summed E-state index contributed by atoms with van der Waals surface area (Å²) in [6.07, 6.45) is -3.26. The number of benzene rings is 1. The van der Waals surface area contributed by atoms with Gasteiger partial charge in [0.15, 0.2) is 0 Å². The molecule has 2 rings (SSSR count). The van der Waals surface area contributed by atoms with Crippen molar-refractivity contribution in [1.82, 2.24) is 5.32 Å². The maximum absolute atomic E-state index is 12.8. The highest BCUT2D eigenvalue weighted by atomic mass is 19.4. The molecular formula is C15H20F3NO. The molecule has 0 bridgehead atoms. The SMILES string of the molecule is CCNC(c1cccc(C(F)(F)F)c1)C1COC(C)C1. The van der Waals surface area contributed by atoms with Crippen LogP contribution in [-0.4, -0.2) is 19.3 Å². The summed E-state index contributed by atoms with van der Waals surface area (Å²) in [6.45, 7) is 5.26. The second kappa shape index (κ2) is 6.14. The van der Waals surface area contributed by atoms with Crippen LogP contribution in [0.15, 0.2) is 24.3 Å². The van der Waals surface area contributed by atoms with Gasteiger partial charge in [-0.15, -0.1) is 0 Å². The molecule has 0 aromatic heterocycles. The Morgan fingerprint density at radius 1 is 1.40 bits per heavy atom. The molecule has 1 aliphatic heterocycles. The van der Waals surface area contributed by atoms with Crippen molar-refractivity contribution in [2.45, 2.75) is 38.6 Å². The summed E-state index contributed by atoms with van der Waals surface area (Å²) in [5.41, 5.74) is 0.0919. The molecule has 0 aliphatic carbocycles. The summed E-state index contributed by atoms with van der Waals surface area (Å²) in [6, 6.07) is 5.50. The summed E-state index contributed by atoms with van der Waals surface area (Å²) in [4.78, 5) is 0. The number of hydrogen-bond acceptors (Lipinski definition) is 2. The maximum Gasteiger partial charge on any atom is 0.416 e. The number of nitrogens with one attached hydrogen (secondary N) is 1. The van der Waals surface area contributed by atoms with Gasteiger partial charge in [0.1, 0.15) is 0 Å². The topological polar surface area (TPSA) is 21.3 Å². The summed E-state index contributed by atoms with van der Waals surface area (Å²) in [7, 11) is 0. The quantitative estimate of drug-likeness (QED) is 0.910. The number of rotatable bonds is 4. The van der Waals surface area contributed by atoms with E-state index in [1.807, 2.05) is 13.8 Å². The first-order chi connectivity index (χ1) is 9.41. The summed E-state index contributed by atoms with van der Waals surface area (Å²) in [5.74, 6) is 0.216. The lowest BCUT2D eigenvalue weighted by Gasteiger charge is -2.24. The van der Waals surface area contributed by atoms with E-state index in [4.69, 9.17) is 4.74 Å². The van der Waals surface area contributed by atoms with Crippen LogP contribution in [0.5, 0.6) is 0 Å². The molecular weight excluding hydrogens is 267 g/mol. The third kappa shape index (κ3) is 3.52. The molecule has 0 spiro atoms. The Bertz CT molecular complexity index is 447. The van der Waals surface area contributed by atoms with Gasteiger partial charge in [-0.1, -0.05) is 19.1 Å². The summed E-state index contributed by atoms with van der Waals surface area (Å²) < 4.78 is 44.0. The van der Waals surface area contributed by atoms with Crippen LogP contribution >= 0.6 is 0 Å². The molecule has 1 heterocycles. The molecule has 1 N–H and O–H groups in total. The first-order valence-corrected chi connectivity index (χ1v) is 6.94. The van der Waals surface area contributed by atoms with E-state index >= 15 is 0 Å². The van der Waals surface area contributed by atoms with Gasteiger partial charge in [0, 0.05) is 12.0 Å². The number of ether oxygens (including phenoxy) is 1. The first kappa shape index (κ1) is 15.3. The van der Waals surface area contributed by atoms with Gasteiger partial charge in [-0.2, -0.15) is 13.2 Å². The Hall–Kier alpha value is -1.07. The average Bonchev–Trinajstić information content (AvgIpc) is 2.81.